The van der Waals surface area contributed by atoms with Gasteiger partial charge in [0.15, 0.2) is 0 Å². The highest BCUT2D eigenvalue weighted by atomic mass is 31.2. The van der Waals surface area contributed by atoms with Gasteiger partial charge in [0.2, 0.25) is 5.91 Å². The maximum Gasteiger partial charge on any atom is 0.331 e. The smallest absolute Gasteiger partial charge is 0.331 e. The molecule has 0 aliphatic heterocycles. The third-order valence-electron chi connectivity index (χ3n) is 1.37. The number of primary amides is 1. The summed E-state index contributed by atoms with van der Waals surface area (Å²) < 4.78 is 22.5. The molecule has 0 saturated carbocycles. The topological polar surface area (TPSA) is 78.6 Å². The molecule has 0 unspecified atom stereocenters. The van der Waals surface area contributed by atoms with Gasteiger partial charge in [-0.25, -0.2) is 0 Å². The Morgan fingerprint density at radius 2 is 1.60 bits per heavy atom. The summed E-state index contributed by atoms with van der Waals surface area (Å²) in [7, 11) is -3.19. The van der Waals surface area contributed by atoms with Crippen molar-refractivity contribution in [2.75, 3.05) is 6.16 Å². The molecule has 0 bridgehead atoms. The number of hydrogen-bond acceptors (Lipinski definition) is 4. The highest BCUT2D eigenvalue weighted by molar-refractivity contribution is 7.53. The summed E-state index contributed by atoms with van der Waals surface area (Å²) in [5, 5.41) is 0. The van der Waals surface area contributed by atoms with Crippen LogP contribution in [0.25, 0.3) is 0 Å². The Bertz CT molecular complexity index is 238. The molecule has 0 aromatic rings. The lowest BCUT2D eigenvalue weighted by molar-refractivity contribution is -0.117. The molecule has 0 aliphatic rings. The molecule has 5 nitrogen and oxygen atoms in total. The number of rotatable bonds is 7. The van der Waals surface area contributed by atoms with Crippen molar-refractivity contribution in [1.29, 1.82) is 0 Å². The Morgan fingerprint density at radius 1 is 1.20 bits per heavy atom. The number of nitrogens with two attached hydrogens (primary N) is 1. The minimum absolute atomic E-state index is 0.0106. The molecule has 6 heteroatoms. The fourth-order valence-corrected chi connectivity index (χ4v) is 3.06. The van der Waals surface area contributed by atoms with E-state index in [4.69, 9.17) is 14.8 Å². The minimum atomic E-state index is -3.19. The number of hydrogen-bond donors (Lipinski definition) is 1. The zero-order valence-corrected chi connectivity index (χ0v) is 10.6. The summed E-state index contributed by atoms with van der Waals surface area (Å²) in [5.74, 6) is -0.505. The van der Waals surface area contributed by atoms with Gasteiger partial charge in [-0.2, -0.15) is 0 Å². The molecule has 15 heavy (non-hydrogen) atoms. The highest BCUT2D eigenvalue weighted by Gasteiger charge is 2.27. The van der Waals surface area contributed by atoms with Crippen molar-refractivity contribution in [3.8, 4) is 0 Å². The van der Waals surface area contributed by atoms with Gasteiger partial charge in [-0.15, -0.1) is 0 Å². The molecule has 2 N–H and O–H groups in total. The lowest BCUT2D eigenvalue weighted by Crippen LogP contribution is -2.16. The largest absolute Gasteiger partial charge is 0.370 e. The van der Waals surface area contributed by atoms with E-state index in [0.717, 1.165) is 0 Å². The first-order chi connectivity index (χ1) is 6.75. The quantitative estimate of drug-likeness (QED) is 0.686. The molecule has 0 spiro atoms. The predicted octanol–water partition coefficient (Wildman–Crippen LogP) is 1.90. The van der Waals surface area contributed by atoms with E-state index in [-0.39, 0.29) is 24.8 Å². The van der Waals surface area contributed by atoms with E-state index in [1.54, 1.807) is 27.7 Å². The zero-order chi connectivity index (χ0) is 12.1. The van der Waals surface area contributed by atoms with E-state index in [0.29, 0.717) is 0 Å². The van der Waals surface area contributed by atoms with Crippen molar-refractivity contribution in [3.05, 3.63) is 0 Å². The van der Waals surface area contributed by atoms with E-state index in [9.17, 15) is 9.36 Å². The van der Waals surface area contributed by atoms with E-state index in [1.807, 2.05) is 0 Å². The Kier molecular flexibility index (Phi) is 6.10. The molecule has 0 radical (unpaired) electrons. The highest BCUT2D eigenvalue weighted by Crippen LogP contribution is 2.50. The summed E-state index contributed by atoms with van der Waals surface area (Å²) in [6, 6.07) is 0. The van der Waals surface area contributed by atoms with E-state index in [1.165, 1.54) is 0 Å². The third-order valence-corrected chi connectivity index (χ3v) is 3.63. The molecular formula is C9H20NO4P. The van der Waals surface area contributed by atoms with Crippen LogP contribution in [0.1, 0.15) is 34.1 Å². The Labute approximate surface area is 90.9 Å². The van der Waals surface area contributed by atoms with Gasteiger partial charge in [0.05, 0.1) is 18.4 Å². The maximum absolute atomic E-state index is 12.1. The van der Waals surface area contributed by atoms with Crippen LogP contribution in [0.5, 0.6) is 0 Å². The van der Waals surface area contributed by atoms with Crippen LogP contribution in [0.4, 0.5) is 0 Å². The van der Waals surface area contributed by atoms with Crippen molar-refractivity contribution >= 4 is 13.5 Å². The molecule has 0 atom stereocenters. The fraction of sp³-hybridized carbons (Fsp3) is 0.889. The van der Waals surface area contributed by atoms with Crippen LogP contribution in [0.15, 0.2) is 0 Å². The average molecular weight is 237 g/mol. The molecule has 0 saturated heterocycles. The lowest BCUT2D eigenvalue weighted by atomic mass is 10.5. The van der Waals surface area contributed by atoms with Gasteiger partial charge in [-0.1, -0.05) is 0 Å². The van der Waals surface area contributed by atoms with Crippen molar-refractivity contribution < 1.29 is 18.4 Å². The van der Waals surface area contributed by atoms with Crippen molar-refractivity contribution in [2.24, 2.45) is 5.73 Å². The summed E-state index contributed by atoms with van der Waals surface area (Å²) >= 11 is 0. The second-order valence-electron chi connectivity index (χ2n) is 3.86. The molecule has 0 rings (SSSR count). The Morgan fingerprint density at radius 3 is 1.87 bits per heavy atom. The molecule has 0 aromatic carbocycles. The van der Waals surface area contributed by atoms with Crippen LogP contribution in [-0.4, -0.2) is 24.3 Å². The fourth-order valence-electron chi connectivity index (χ4n) is 1.02. The summed E-state index contributed by atoms with van der Waals surface area (Å²) in [4.78, 5) is 10.6. The van der Waals surface area contributed by atoms with Crippen molar-refractivity contribution in [3.63, 3.8) is 0 Å². The monoisotopic (exact) mass is 237 g/mol. The lowest BCUT2D eigenvalue weighted by Gasteiger charge is -2.22. The number of carbonyl (C=O) groups is 1. The maximum atomic E-state index is 12.1. The molecule has 0 aliphatic carbocycles. The SMILES string of the molecule is CC(C)OP(=O)(CCC(N)=O)OC(C)C. The first-order valence-corrected chi connectivity index (χ1v) is 6.72. The molecule has 0 fully saturated rings. The predicted molar refractivity (Wildman–Crippen MR) is 58.7 cm³/mol. The van der Waals surface area contributed by atoms with Gasteiger partial charge < -0.3 is 14.8 Å². The third kappa shape index (κ3) is 7.54. The Balaban J connectivity index is 4.40. The second-order valence-corrected chi connectivity index (χ2v) is 5.95. The van der Waals surface area contributed by atoms with E-state index >= 15 is 0 Å². The molecule has 0 aromatic heterocycles. The van der Waals surface area contributed by atoms with E-state index < -0.39 is 13.5 Å². The average Bonchev–Trinajstić information content (AvgIpc) is 1.97. The van der Waals surface area contributed by atoms with Crippen LogP contribution >= 0.6 is 7.60 Å². The Hall–Kier alpha value is -0.380. The standard InChI is InChI=1S/C9H20NO4P/c1-7(2)13-15(12,14-8(3)4)6-5-9(10)11/h7-8H,5-6H2,1-4H3,(H2,10,11). The summed E-state index contributed by atoms with van der Waals surface area (Å²) in [6.45, 7) is 7.06. The summed E-state index contributed by atoms with van der Waals surface area (Å²) in [5.41, 5.74) is 4.99. The van der Waals surface area contributed by atoms with Crippen LogP contribution in [0, 0.1) is 0 Å². The van der Waals surface area contributed by atoms with Gasteiger partial charge in [0, 0.05) is 6.42 Å². The van der Waals surface area contributed by atoms with Crippen LogP contribution < -0.4 is 5.73 Å². The van der Waals surface area contributed by atoms with Gasteiger partial charge >= 0.3 is 7.60 Å². The van der Waals surface area contributed by atoms with Crippen LogP contribution in [0.3, 0.4) is 0 Å². The minimum Gasteiger partial charge on any atom is -0.370 e. The van der Waals surface area contributed by atoms with Gasteiger partial charge in [0.25, 0.3) is 0 Å². The summed E-state index contributed by atoms with van der Waals surface area (Å²) in [6.07, 6.45) is -0.361. The van der Waals surface area contributed by atoms with Gasteiger partial charge in [-0.05, 0) is 27.7 Å². The van der Waals surface area contributed by atoms with Crippen LogP contribution in [0.2, 0.25) is 0 Å². The second kappa shape index (κ2) is 6.26. The zero-order valence-electron chi connectivity index (χ0n) is 9.73. The molecular weight excluding hydrogens is 217 g/mol. The van der Waals surface area contributed by atoms with Crippen molar-refractivity contribution in [2.45, 2.75) is 46.3 Å². The first-order valence-electron chi connectivity index (χ1n) is 4.99. The van der Waals surface area contributed by atoms with Gasteiger partial charge in [-0.3, -0.25) is 9.36 Å². The van der Waals surface area contributed by atoms with E-state index in [2.05, 4.69) is 0 Å². The van der Waals surface area contributed by atoms with Crippen molar-refractivity contribution in [1.82, 2.24) is 0 Å². The molecule has 1 amide bonds. The molecule has 90 valence electrons. The number of carbonyl (C=O) groups excluding carboxylic acids is 1. The number of amides is 1. The molecule has 0 heterocycles. The normalized spacial score (nSPS) is 12.4. The van der Waals surface area contributed by atoms with Gasteiger partial charge in [0.1, 0.15) is 0 Å². The first kappa shape index (κ1) is 14.6. The van der Waals surface area contributed by atoms with Crippen LogP contribution in [-0.2, 0) is 18.4 Å².